The number of ether oxygens (including phenoxy) is 2. The molecule has 136 valence electrons. The topological polar surface area (TPSA) is 51.5 Å². The molecule has 0 saturated carbocycles. The van der Waals surface area contributed by atoms with Gasteiger partial charge in [-0.15, -0.1) is 6.58 Å². The summed E-state index contributed by atoms with van der Waals surface area (Å²) in [5, 5.41) is 9.00. The fourth-order valence-corrected chi connectivity index (χ4v) is 3.39. The minimum Gasteiger partial charge on any atom is -0.414 e. The van der Waals surface area contributed by atoms with Crippen LogP contribution >= 0.6 is 0 Å². The Morgan fingerprint density at radius 3 is 2.71 bits per heavy atom. The van der Waals surface area contributed by atoms with Crippen LogP contribution in [-0.2, 0) is 13.9 Å². The molecule has 1 fully saturated rings. The summed E-state index contributed by atoms with van der Waals surface area (Å²) in [7, 11) is -1.85. The Kier molecular flexibility index (Phi) is 8.38. The van der Waals surface area contributed by atoms with Crippen LogP contribution < -0.4 is 0 Å². The molecule has 0 aromatic rings. The Balaban J connectivity index is 2.73. The molecule has 1 heterocycles. The zero-order valence-corrected chi connectivity index (χ0v) is 16.9. The van der Waals surface area contributed by atoms with E-state index < -0.39 is 8.32 Å². The zero-order chi connectivity index (χ0) is 18.2. The molecule has 0 N–H and O–H groups in total. The van der Waals surface area contributed by atoms with Crippen molar-refractivity contribution in [2.24, 2.45) is 0 Å². The SMILES string of the molecule is C=CC[C@H]1OCCC[C@@H]1O[C@@H](/C=C/C#N)CO[Si](C)(C)C(C)(C)C. The lowest BCUT2D eigenvalue weighted by molar-refractivity contribution is -0.124. The highest BCUT2D eigenvalue weighted by atomic mass is 28.4. The van der Waals surface area contributed by atoms with E-state index in [2.05, 4.69) is 40.4 Å². The number of allylic oxidation sites excluding steroid dienone is 1. The maximum Gasteiger partial charge on any atom is 0.192 e. The van der Waals surface area contributed by atoms with Gasteiger partial charge >= 0.3 is 0 Å². The Labute approximate surface area is 148 Å². The summed E-state index contributed by atoms with van der Waals surface area (Å²) in [5.41, 5.74) is 0. The molecular formula is C19H33NO3Si. The van der Waals surface area contributed by atoms with E-state index in [4.69, 9.17) is 19.2 Å². The monoisotopic (exact) mass is 351 g/mol. The molecule has 1 rings (SSSR count). The maximum atomic E-state index is 8.85. The Hall–Kier alpha value is -0.933. The molecule has 0 aromatic heterocycles. The van der Waals surface area contributed by atoms with Gasteiger partial charge in [0.2, 0.25) is 0 Å². The van der Waals surface area contributed by atoms with Crippen molar-refractivity contribution in [2.75, 3.05) is 13.2 Å². The molecule has 5 heteroatoms. The summed E-state index contributed by atoms with van der Waals surface area (Å²) in [5.74, 6) is 0. The third kappa shape index (κ3) is 6.52. The van der Waals surface area contributed by atoms with Crippen molar-refractivity contribution < 1.29 is 13.9 Å². The highest BCUT2D eigenvalue weighted by Gasteiger charge is 2.38. The number of nitrogens with zero attached hydrogens (tertiary/aromatic N) is 1. The van der Waals surface area contributed by atoms with Crippen LogP contribution in [-0.4, -0.2) is 39.8 Å². The first-order valence-corrected chi connectivity index (χ1v) is 11.7. The predicted molar refractivity (Wildman–Crippen MR) is 100 cm³/mol. The van der Waals surface area contributed by atoms with Crippen LogP contribution in [0.3, 0.4) is 0 Å². The number of nitriles is 1. The fourth-order valence-electron chi connectivity index (χ4n) is 2.37. The van der Waals surface area contributed by atoms with Gasteiger partial charge in [-0.2, -0.15) is 5.26 Å². The standard InChI is InChI=1S/C19H33NO3Si/c1-7-10-17-18(12-9-14-21-17)23-16(11-8-13-20)15-22-24(5,6)19(2,3)4/h7-8,11,16-18H,1,9-10,12,14-15H2,2-6H3/b11-8+/t16-,17+,18-/m0/s1. The largest absolute Gasteiger partial charge is 0.414 e. The summed E-state index contributed by atoms with van der Waals surface area (Å²) in [6.45, 7) is 16.2. The van der Waals surface area contributed by atoms with Gasteiger partial charge in [0.1, 0.15) is 0 Å². The lowest BCUT2D eigenvalue weighted by atomic mass is 10.0. The summed E-state index contributed by atoms with van der Waals surface area (Å²) >= 11 is 0. The Bertz CT molecular complexity index is 462. The summed E-state index contributed by atoms with van der Waals surface area (Å²) < 4.78 is 18.4. The average Bonchev–Trinajstić information content (AvgIpc) is 2.51. The number of rotatable bonds is 8. The fraction of sp³-hybridized carbons (Fsp3) is 0.737. The molecule has 1 aliphatic rings. The molecule has 0 aromatic carbocycles. The molecular weight excluding hydrogens is 318 g/mol. The van der Waals surface area contributed by atoms with E-state index in [0.717, 1.165) is 25.9 Å². The van der Waals surface area contributed by atoms with Crippen LogP contribution in [0, 0.1) is 11.3 Å². The molecule has 0 amide bonds. The smallest absolute Gasteiger partial charge is 0.192 e. The van der Waals surface area contributed by atoms with Gasteiger partial charge in [0, 0.05) is 12.7 Å². The van der Waals surface area contributed by atoms with Gasteiger partial charge in [-0.25, -0.2) is 0 Å². The summed E-state index contributed by atoms with van der Waals surface area (Å²) in [6.07, 6.45) is 7.73. The van der Waals surface area contributed by atoms with Crippen molar-refractivity contribution in [3.8, 4) is 6.07 Å². The van der Waals surface area contributed by atoms with E-state index in [0.29, 0.717) is 6.61 Å². The van der Waals surface area contributed by atoms with E-state index in [1.54, 1.807) is 6.08 Å². The van der Waals surface area contributed by atoms with Crippen molar-refractivity contribution >= 4 is 8.32 Å². The molecule has 1 aliphatic heterocycles. The molecule has 0 radical (unpaired) electrons. The second-order valence-corrected chi connectivity index (χ2v) is 12.7. The van der Waals surface area contributed by atoms with Gasteiger partial charge in [0.25, 0.3) is 0 Å². The number of hydrogen-bond acceptors (Lipinski definition) is 4. The molecule has 0 unspecified atom stereocenters. The summed E-state index contributed by atoms with van der Waals surface area (Å²) in [6, 6.07) is 2.05. The van der Waals surface area contributed by atoms with Crippen molar-refractivity contribution in [1.29, 1.82) is 5.26 Å². The third-order valence-corrected chi connectivity index (χ3v) is 9.43. The van der Waals surface area contributed by atoms with Crippen LogP contribution in [0.15, 0.2) is 24.8 Å². The Morgan fingerprint density at radius 1 is 1.42 bits per heavy atom. The van der Waals surface area contributed by atoms with Crippen molar-refractivity contribution in [2.45, 2.75) is 76.5 Å². The highest BCUT2D eigenvalue weighted by Crippen LogP contribution is 2.36. The Morgan fingerprint density at radius 2 is 2.12 bits per heavy atom. The minimum absolute atomic E-state index is 0.0214. The van der Waals surface area contributed by atoms with Crippen LogP contribution in [0.25, 0.3) is 0 Å². The minimum atomic E-state index is -1.85. The van der Waals surface area contributed by atoms with E-state index in [9.17, 15) is 0 Å². The highest BCUT2D eigenvalue weighted by molar-refractivity contribution is 6.74. The van der Waals surface area contributed by atoms with Crippen LogP contribution in [0.5, 0.6) is 0 Å². The van der Waals surface area contributed by atoms with Crippen molar-refractivity contribution in [3.63, 3.8) is 0 Å². The third-order valence-electron chi connectivity index (χ3n) is 4.93. The zero-order valence-electron chi connectivity index (χ0n) is 15.9. The molecule has 0 bridgehead atoms. The molecule has 4 nitrogen and oxygen atoms in total. The van der Waals surface area contributed by atoms with Gasteiger partial charge < -0.3 is 13.9 Å². The van der Waals surface area contributed by atoms with Crippen molar-refractivity contribution in [3.05, 3.63) is 24.8 Å². The quantitative estimate of drug-likeness (QED) is 0.364. The van der Waals surface area contributed by atoms with Gasteiger partial charge in [0.15, 0.2) is 8.32 Å². The van der Waals surface area contributed by atoms with Gasteiger partial charge in [-0.3, -0.25) is 0 Å². The molecule has 3 atom stereocenters. The van der Waals surface area contributed by atoms with E-state index in [1.807, 2.05) is 12.1 Å². The van der Waals surface area contributed by atoms with Crippen molar-refractivity contribution in [1.82, 2.24) is 0 Å². The van der Waals surface area contributed by atoms with E-state index in [-0.39, 0.29) is 23.4 Å². The van der Waals surface area contributed by atoms with E-state index >= 15 is 0 Å². The second kappa shape index (κ2) is 9.52. The first kappa shape index (κ1) is 21.1. The van der Waals surface area contributed by atoms with Gasteiger partial charge in [-0.1, -0.05) is 26.8 Å². The lowest BCUT2D eigenvalue weighted by Crippen LogP contribution is -2.44. The average molecular weight is 352 g/mol. The molecule has 1 saturated heterocycles. The summed E-state index contributed by atoms with van der Waals surface area (Å²) in [4.78, 5) is 0. The normalized spacial score (nSPS) is 23.8. The van der Waals surface area contributed by atoms with Gasteiger partial charge in [-0.05, 0) is 43.5 Å². The first-order valence-electron chi connectivity index (χ1n) is 8.79. The van der Waals surface area contributed by atoms with Crippen LogP contribution in [0.2, 0.25) is 18.1 Å². The first-order chi connectivity index (χ1) is 11.2. The molecule has 0 aliphatic carbocycles. The molecule has 24 heavy (non-hydrogen) atoms. The van der Waals surface area contributed by atoms with E-state index in [1.165, 1.54) is 6.08 Å². The molecule has 0 spiro atoms. The predicted octanol–water partition coefficient (Wildman–Crippen LogP) is 4.60. The second-order valence-electron chi connectivity index (χ2n) is 7.85. The lowest BCUT2D eigenvalue weighted by Gasteiger charge is -2.38. The van der Waals surface area contributed by atoms with Crippen LogP contribution in [0.4, 0.5) is 0 Å². The van der Waals surface area contributed by atoms with Gasteiger partial charge in [0.05, 0.1) is 31.0 Å². The maximum absolute atomic E-state index is 8.85. The van der Waals surface area contributed by atoms with Crippen LogP contribution in [0.1, 0.15) is 40.0 Å². The number of hydrogen-bond donors (Lipinski definition) is 0.